The Balaban J connectivity index is 1.65. The summed E-state index contributed by atoms with van der Waals surface area (Å²) in [7, 11) is 2.06. The molecule has 1 aliphatic heterocycles. The second-order valence-electron chi connectivity index (χ2n) is 8.65. The second kappa shape index (κ2) is 6.90. The number of nitrogens with one attached hydrogen (secondary N) is 1. The molecule has 7 nitrogen and oxygen atoms in total. The highest BCUT2D eigenvalue weighted by molar-refractivity contribution is 5.98. The van der Waals surface area contributed by atoms with Crippen LogP contribution < -0.4 is 5.73 Å². The lowest BCUT2D eigenvalue weighted by atomic mass is 9.82. The Morgan fingerprint density at radius 1 is 1.21 bits per heavy atom. The van der Waals surface area contributed by atoms with E-state index in [0.717, 1.165) is 29.9 Å². The average Bonchev–Trinajstić information content (AvgIpc) is 3.15. The van der Waals surface area contributed by atoms with Crippen molar-refractivity contribution in [3.05, 3.63) is 40.5 Å². The van der Waals surface area contributed by atoms with Gasteiger partial charge in [0, 0.05) is 36.4 Å². The minimum Gasteiger partial charge on any atom is -0.395 e. The number of aromatic nitrogens is 4. The quantitative estimate of drug-likeness (QED) is 0.694. The third-order valence-corrected chi connectivity index (χ3v) is 6.50. The van der Waals surface area contributed by atoms with Crippen molar-refractivity contribution in [2.75, 3.05) is 5.73 Å². The summed E-state index contributed by atoms with van der Waals surface area (Å²) in [6, 6.07) is 2.46. The number of carbonyl (C=O) groups excluding carboxylic acids is 1. The molecular formula is C22H30N6O. The summed E-state index contributed by atoms with van der Waals surface area (Å²) in [5.74, 6) is 0.297. The number of pyridine rings is 1. The predicted molar refractivity (Wildman–Crippen MR) is 115 cm³/mol. The van der Waals surface area contributed by atoms with Gasteiger partial charge in [0.05, 0.1) is 11.4 Å². The molecule has 1 fully saturated rings. The third-order valence-electron chi connectivity index (χ3n) is 6.50. The molecular weight excluding hydrogens is 364 g/mol. The van der Waals surface area contributed by atoms with E-state index >= 15 is 0 Å². The molecule has 0 bridgehead atoms. The molecule has 0 aliphatic carbocycles. The molecule has 0 aromatic carbocycles. The summed E-state index contributed by atoms with van der Waals surface area (Å²) in [5.41, 5.74) is 12.2. The van der Waals surface area contributed by atoms with Gasteiger partial charge in [0.2, 0.25) is 0 Å². The number of nitrogens with zero attached hydrogens (tertiary/aromatic N) is 4. The number of nitrogens with two attached hydrogens (primary N) is 1. The largest absolute Gasteiger partial charge is 0.395 e. The lowest BCUT2D eigenvalue weighted by Crippen LogP contribution is -2.49. The van der Waals surface area contributed by atoms with Gasteiger partial charge in [0.15, 0.2) is 5.69 Å². The smallest absolute Gasteiger partial charge is 0.276 e. The van der Waals surface area contributed by atoms with Crippen LogP contribution in [-0.2, 0) is 7.05 Å². The number of H-pyrrole nitrogens is 1. The molecule has 154 valence electrons. The number of amides is 1. The molecule has 1 aliphatic rings. The van der Waals surface area contributed by atoms with Crippen molar-refractivity contribution < 1.29 is 4.79 Å². The lowest BCUT2D eigenvalue weighted by molar-refractivity contribution is 0.0474. The summed E-state index contributed by atoms with van der Waals surface area (Å²) in [6.07, 6.45) is 4.03. The number of fused-ring (bicyclic) bond motifs is 1. The molecule has 4 heterocycles. The van der Waals surface area contributed by atoms with Crippen molar-refractivity contribution in [3.63, 3.8) is 0 Å². The van der Waals surface area contributed by atoms with Gasteiger partial charge in [-0.3, -0.25) is 9.89 Å². The number of rotatable bonds is 2. The number of aromatic amines is 1. The van der Waals surface area contributed by atoms with Crippen molar-refractivity contribution >= 4 is 22.6 Å². The van der Waals surface area contributed by atoms with Gasteiger partial charge >= 0.3 is 0 Å². The molecule has 7 heteroatoms. The van der Waals surface area contributed by atoms with Gasteiger partial charge in [-0.1, -0.05) is 0 Å². The maximum absolute atomic E-state index is 13.1. The zero-order valence-corrected chi connectivity index (χ0v) is 18.1. The van der Waals surface area contributed by atoms with Gasteiger partial charge in [-0.25, -0.2) is 4.98 Å². The van der Waals surface area contributed by atoms with E-state index in [1.54, 1.807) is 0 Å². The first-order valence-electron chi connectivity index (χ1n) is 10.2. The fourth-order valence-corrected chi connectivity index (χ4v) is 4.80. The van der Waals surface area contributed by atoms with Gasteiger partial charge in [-0.15, -0.1) is 0 Å². The van der Waals surface area contributed by atoms with E-state index in [0.29, 0.717) is 17.3 Å². The van der Waals surface area contributed by atoms with Crippen molar-refractivity contribution in [1.82, 2.24) is 24.6 Å². The molecule has 1 amide bonds. The fourth-order valence-electron chi connectivity index (χ4n) is 4.80. The highest BCUT2D eigenvalue weighted by Gasteiger charge is 2.37. The van der Waals surface area contributed by atoms with Crippen LogP contribution in [0, 0.1) is 20.8 Å². The summed E-state index contributed by atoms with van der Waals surface area (Å²) < 4.78 is 2.12. The first-order valence-corrected chi connectivity index (χ1v) is 10.2. The predicted octanol–water partition coefficient (Wildman–Crippen LogP) is 3.60. The molecule has 29 heavy (non-hydrogen) atoms. The van der Waals surface area contributed by atoms with Crippen LogP contribution in [0.25, 0.3) is 11.0 Å². The zero-order valence-electron chi connectivity index (χ0n) is 18.1. The van der Waals surface area contributed by atoms with Crippen LogP contribution in [0.2, 0.25) is 0 Å². The summed E-state index contributed by atoms with van der Waals surface area (Å²) in [5, 5.41) is 8.20. The van der Waals surface area contributed by atoms with Gasteiger partial charge in [-0.05, 0) is 70.6 Å². The maximum Gasteiger partial charge on any atom is 0.276 e. The number of nitrogen functional groups attached to an aromatic ring is 1. The molecule has 3 aromatic heterocycles. The number of carbonyl (C=O) groups is 1. The van der Waals surface area contributed by atoms with E-state index in [2.05, 4.69) is 61.8 Å². The molecule has 0 spiro atoms. The van der Waals surface area contributed by atoms with Crippen molar-refractivity contribution in [3.8, 4) is 0 Å². The number of hydrogen-bond acceptors (Lipinski definition) is 4. The molecule has 3 aromatic rings. The fraction of sp³-hybridized carbons (Fsp3) is 0.500. The standard InChI is InChI=1S/C22H30N6O/c1-11-7-17-18(10-27(6)21(17)24-14(11)4)16-8-12(2)28(13(3)9-16)22(29)20-19(23)15(5)25-26-20/h7,10,12-13,16H,8-9,23H2,1-6H3,(H,25,26). The Labute approximate surface area is 171 Å². The summed E-state index contributed by atoms with van der Waals surface area (Å²) >= 11 is 0. The van der Waals surface area contributed by atoms with Crippen LogP contribution >= 0.6 is 0 Å². The lowest BCUT2D eigenvalue weighted by Gasteiger charge is -2.42. The molecule has 0 saturated carbocycles. The number of hydrogen-bond donors (Lipinski definition) is 2. The number of aryl methyl sites for hydroxylation is 4. The summed E-state index contributed by atoms with van der Waals surface area (Å²) in [4.78, 5) is 19.9. The van der Waals surface area contributed by atoms with Crippen LogP contribution in [0.4, 0.5) is 5.69 Å². The zero-order chi connectivity index (χ0) is 21.0. The highest BCUT2D eigenvalue weighted by atomic mass is 16.2. The number of likely N-dealkylation sites (tertiary alicyclic amines) is 1. The van der Waals surface area contributed by atoms with Crippen LogP contribution in [-0.4, -0.2) is 42.6 Å². The van der Waals surface area contributed by atoms with Crippen LogP contribution in [0.15, 0.2) is 12.3 Å². The first kappa shape index (κ1) is 19.5. The Morgan fingerprint density at radius 2 is 1.86 bits per heavy atom. The van der Waals surface area contributed by atoms with E-state index in [9.17, 15) is 4.79 Å². The van der Waals surface area contributed by atoms with Crippen LogP contribution in [0.1, 0.15) is 65.6 Å². The average molecular weight is 395 g/mol. The second-order valence-corrected chi connectivity index (χ2v) is 8.65. The molecule has 4 rings (SSSR count). The van der Waals surface area contributed by atoms with Gasteiger partial charge in [-0.2, -0.15) is 5.10 Å². The van der Waals surface area contributed by atoms with E-state index in [1.165, 1.54) is 16.5 Å². The van der Waals surface area contributed by atoms with Gasteiger partial charge in [0.25, 0.3) is 5.91 Å². The summed E-state index contributed by atoms with van der Waals surface area (Å²) in [6.45, 7) is 10.2. The molecule has 3 N–H and O–H groups in total. The van der Waals surface area contributed by atoms with E-state index < -0.39 is 0 Å². The topological polar surface area (TPSA) is 92.8 Å². The molecule has 1 saturated heterocycles. The van der Waals surface area contributed by atoms with Gasteiger partial charge in [0.1, 0.15) is 5.65 Å². The first-order chi connectivity index (χ1) is 13.7. The van der Waals surface area contributed by atoms with E-state index in [1.807, 2.05) is 11.8 Å². The third kappa shape index (κ3) is 3.09. The Kier molecular flexibility index (Phi) is 4.63. The van der Waals surface area contributed by atoms with Crippen molar-refractivity contribution in [1.29, 1.82) is 0 Å². The number of anilines is 1. The van der Waals surface area contributed by atoms with Crippen molar-refractivity contribution in [2.24, 2.45) is 7.05 Å². The molecule has 2 atom stereocenters. The molecule has 2 unspecified atom stereocenters. The van der Waals surface area contributed by atoms with E-state index in [-0.39, 0.29) is 18.0 Å². The Bertz CT molecular complexity index is 1080. The maximum atomic E-state index is 13.1. The monoisotopic (exact) mass is 394 g/mol. The SMILES string of the molecule is Cc1cc2c(C3CC(C)N(C(=O)c4n[nH]c(C)c4N)C(C)C3)cn(C)c2nc1C. The Morgan fingerprint density at radius 3 is 2.45 bits per heavy atom. The molecule has 0 radical (unpaired) electrons. The van der Waals surface area contributed by atoms with Crippen LogP contribution in [0.3, 0.4) is 0 Å². The van der Waals surface area contributed by atoms with Crippen molar-refractivity contribution in [2.45, 2.75) is 65.5 Å². The van der Waals surface area contributed by atoms with Crippen LogP contribution in [0.5, 0.6) is 0 Å². The minimum absolute atomic E-state index is 0.0867. The minimum atomic E-state index is -0.0867. The number of piperidine rings is 1. The van der Waals surface area contributed by atoms with Gasteiger partial charge < -0.3 is 15.2 Å². The normalized spacial score (nSPS) is 22.4. The highest BCUT2D eigenvalue weighted by Crippen LogP contribution is 2.39. The van der Waals surface area contributed by atoms with E-state index in [4.69, 9.17) is 10.7 Å². The Hall–Kier alpha value is -2.83.